The topological polar surface area (TPSA) is 91.8 Å². The quantitative estimate of drug-likeness (QED) is 0.208. The second-order valence-electron chi connectivity index (χ2n) is 11.9. The maximum Gasteiger partial charge on any atom is 0.411 e. The lowest BCUT2D eigenvalue weighted by Crippen LogP contribution is -2.61. The fourth-order valence-corrected chi connectivity index (χ4v) is 7.60. The highest BCUT2D eigenvalue weighted by atomic mass is 32.1. The van der Waals surface area contributed by atoms with E-state index in [0.29, 0.717) is 17.6 Å². The van der Waals surface area contributed by atoms with E-state index in [1.54, 1.807) is 0 Å². The van der Waals surface area contributed by atoms with Crippen LogP contribution < -0.4 is 10.2 Å². The van der Waals surface area contributed by atoms with Gasteiger partial charge >= 0.3 is 6.09 Å². The monoisotopic (exact) mass is 590 g/mol. The third kappa shape index (κ3) is 6.15. The number of quaternary nitrogens is 1. The summed E-state index contributed by atoms with van der Waals surface area (Å²) in [6.45, 7) is 5.29. The molecule has 2 aliphatic heterocycles. The zero-order chi connectivity index (χ0) is 28.9. The number of carbonyl (C=O) groups is 3. The lowest BCUT2D eigenvalue weighted by Gasteiger charge is -2.44. The number of fused-ring (bicyclic) bond motifs is 2. The summed E-state index contributed by atoms with van der Waals surface area (Å²) in [6, 6.07) is 18.1. The van der Waals surface area contributed by atoms with Gasteiger partial charge in [-0.3, -0.25) is 19.0 Å². The number of unbranched alkanes of at least 4 members (excludes halogenated alkanes) is 1. The van der Waals surface area contributed by atoms with Crippen molar-refractivity contribution in [3.63, 3.8) is 0 Å². The normalized spacial score (nSPS) is 21.9. The van der Waals surface area contributed by atoms with Crippen LogP contribution in [-0.2, 0) is 20.9 Å². The van der Waals surface area contributed by atoms with Crippen molar-refractivity contribution in [1.29, 1.82) is 0 Å². The number of aromatic nitrogens is 1. The Kier molecular flexibility index (Phi) is 8.71. The average molecular weight is 591 g/mol. The largest absolute Gasteiger partial charge is 0.411 e. The molecule has 3 heterocycles. The number of amides is 3. The molecule has 10 heteroatoms. The summed E-state index contributed by atoms with van der Waals surface area (Å²) in [4.78, 5) is 42.4. The summed E-state index contributed by atoms with van der Waals surface area (Å²) < 4.78 is 12.4. The lowest BCUT2D eigenvalue weighted by atomic mass is 9.81. The summed E-state index contributed by atoms with van der Waals surface area (Å²) in [5.74, 6) is 0.916. The first-order valence-electron chi connectivity index (χ1n) is 15.3. The van der Waals surface area contributed by atoms with Gasteiger partial charge in [-0.05, 0) is 54.9 Å². The van der Waals surface area contributed by atoms with E-state index in [9.17, 15) is 14.4 Å². The number of nitrogens with one attached hydrogen (secondary N) is 1. The molecular formula is C32H40N5O4S+. The summed E-state index contributed by atoms with van der Waals surface area (Å²) in [6.07, 6.45) is 4.97. The summed E-state index contributed by atoms with van der Waals surface area (Å²) in [7, 11) is 0. The van der Waals surface area contributed by atoms with Crippen LogP contribution in [0.2, 0.25) is 0 Å². The molecule has 1 N–H and O–H groups in total. The number of alkyl carbamates (subject to hydrolysis) is 1. The van der Waals surface area contributed by atoms with Crippen LogP contribution in [0, 0.1) is 11.8 Å². The van der Waals surface area contributed by atoms with Crippen LogP contribution in [0.25, 0.3) is 10.1 Å². The van der Waals surface area contributed by atoms with Crippen molar-refractivity contribution in [2.45, 2.75) is 45.1 Å². The first kappa shape index (κ1) is 28.6. The van der Waals surface area contributed by atoms with E-state index >= 15 is 0 Å². The zero-order valence-corrected chi connectivity index (χ0v) is 24.9. The molecule has 3 fully saturated rings. The van der Waals surface area contributed by atoms with Crippen molar-refractivity contribution in [2.24, 2.45) is 11.8 Å². The molecule has 0 spiro atoms. The Morgan fingerprint density at radius 1 is 0.952 bits per heavy atom. The van der Waals surface area contributed by atoms with Crippen LogP contribution >= 0.6 is 11.5 Å². The minimum Gasteiger partial charge on any atom is -0.399 e. The van der Waals surface area contributed by atoms with Crippen LogP contribution in [0.15, 0.2) is 54.6 Å². The number of hydrogen-bond acceptors (Lipinski definition) is 7. The van der Waals surface area contributed by atoms with E-state index in [4.69, 9.17) is 9.11 Å². The standard InChI is InChI=1S/C32H39N5O4S/c38-30-25-12-4-5-13-26(25)31(39)36(30)16-8-9-19-37(23-41-32(40)33-22-24-10-2-1-3-11-24)20-17-35(18-21-37)29-27-14-6-7-15-28(27)42-34-29/h1-3,6-7,10-11,14-15,25-26H,4-5,8-9,12-13,16-23H2/p+1. The fourth-order valence-electron chi connectivity index (χ4n) is 6.80. The lowest BCUT2D eigenvalue weighted by molar-refractivity contribution is -0.944. The molecule has 42 heavy (non-hydrogen) atoms. The second-order valence-corrected chi connectivity index (χ2v) is 12.7. The first-order chi connectivity index (χ1) is 20.5. The Morgan fingerprint density at radius 3 is 2.38 bits per heavy atom. The van der Waals surface area contributed by atoms with Crippen LogP contribution in [0.4, 0.5) is 10.6 Å². The summed E-state index contributed by atoms with van der Waals surface area (Å²) in [5.41, 5.74) is 1.02. The van der Waals surface area contributed by atoms with Crippen LogP contribution in [0.5, 0.6) is 0 Å². The molecule has 2 atom stereocenters. The number of rotatable bonds is 10. The Hall–Kier alpha value is -3.50. The van der Waals surface area contributed by atoms with Crippen molar-refractivity contribution in [1.82, 2.24) is 14.6 Å². The van der Waals surface area contributed by atoms with Crippen molar-refractivity contribution in [2.75, 3.05) is 50.9 Å². The van der Waals surface area contributed by atoms with Gasteiger partial charge in [0.05, 0.1) is 49.3 Å². The van der Waals surface area contributed by atoms with E-state index < -0.39 is 6.09 Å². The van der Waals surface area contributed by atoms with Gasteiger partial charge in [0, 0.05) is 18.5 Å². The van der Waals surface area contributed by atoms with Gasteiger partial charge in [0.25, 0.3) is 0 Å². The predicted octanol–water partition coefficient (Wildman–Crippen LogP) is 4.77. The van der Waals surface area contributed by atoms with Crippen molar-refractivity contribution in [3.8, 4) is 0 Å². The number of carbonyl (C=O) groups excluding carboxylic acids is 3. The van der Waals surface area contributed by atoms with Crippen molar-refractivity contribution >= 4 is 45.3 Å². The molecule has 9 nitrogen and oxygen atoms in total. The number of ether oxygens (including phenoxy) is 1. The maximum absolute atomic E-state index is 12.9. The molecule has 6 rings (SSSR count). The number of anilines is 1. The molecule has 0 bridgehead atoms. The molecule has 1 saturated carbocycles. The zero-order valence-electron chi connectivity index (χ0n) is 24.1. The Morgan fingerprint density at radius 2 is 1.64 bits per heavy atom. The molecule has 2 saturated heterocycles. The number of hydrogen-bond donors (Lipinski definition) is 1. The number of benzene rings is 2. The third-order valence-corrected chi connectivity index (χ3v) is 10.1. The number of likely N-dealkylation sites (tertiary alicyclic amines) is 1. The maximum atomic E-state index is 12.9. The highest BCUT2D eigenvalue weighted by molar-refractivity contribution is 7.13. The van der Waals surface area contributed by atoms with Crippen LogP contribution in [0.1, 0.15) is 44.1 Å². The number of imide groups is 1. The molecule has 0 radical (unpaired) electrons. The van der Waals surface area contributed by atoms with Crippen LogP contribution in [0.3, 0.4) is 0 Å². The molecule has 3 amide bonds. The molecular weight excluding hydrogens is 550 g/mol. The van der Waals surface area contributed by atoms with Gasteiger partial charge in [0.2, 0.25) is 18.5 Å². The van der Waals surface area contributed by atoms with Gasteiger partial charge < -0.3 is 15.0 Å². The molecule has 1 aliphatic carbocycles. The minimum atomic E-state index is -0.417. The highest BCUT2D eigenvalue weighted by Gasteiger charge is 2.47. The van der Waals surface area contributed by atoms with Crippen molar-refractivity contribution in [3.05, 3.63) is 60.2 Å². The number of piperazine rings is 1. The molecule has 2 aromatic carbocycles. The summed E-state index contributed by atoms with van der Waals surface area (Å²) >= 11 is 1.53. The van der Waals surface area contributed by atoms with E-state index in [-0.39, 0.29) is 30.4 Å². The fraction of sp³-hybridized carbons (Fsp3) is 0.500. The van der Waals surface area contributed by atoms with Gasteiger partial charge in [-0.1, -0.05) is 55.3 Å². The van der Waals surface area contributed by atoms with Gasteiger partial charge in [-0.2, -0.15) is 4.37 Å². The van der Waals surface area contributed by atoms with E-state index in [0.717, 1.165) is 82.6 Å². The van der Waals surface area contributed by atoms with Gasteiger partial charge in [-0.25, -0.2) is 4.79 Å². The Bertz CT molecular complexity index is 1380. The summed E-state index contributed by atoms with van der Waals surface area (Å²) in [5, 5.41) is 4.05. The highest BCUT2D eigenvalue weighted by Crippen LogP contribution is 2.38. The van der Waals surface area contributed by atoms with E-state index in [2.05, 4.69) is 28.4 Å². The predicted molar refractivity (Wildman–Crippen MR) is 163 cm³/mol. The molecule has 222 valence electrons. The molecule has 3 aromatic rings. The third-order valence-electron chi connectivity index (χ3n) is 9.29. The Labute approximate surface area is 251 Å². The first-order valence-corrected chi connectivity index (χ1v) is 16.0. The van der Waals surface area contributed by atoms with E-state index in [1.165, 1.54) is 26.5 Å². The molecule has 1 aromatic heterocycles. The molecule has 2 unspecified atom stereocenters. The Balaban J connectivity index is 1.06. The van der Waals surface area contributed by atoms with E-state index in [1.807, 2.05) is 36.4 Å². The van der Waals surface area contributed by atoms with Gasteiger partial charge in [0.15, 0.2) is 5.82 Å². The SMILES string of the molecule is O=C(NCc1ccccc1)OC[N+]1(CCCCN2C(=O)C3CCCCC3C2=O)CCN(c2nsc3ccccc23)CC1. The van der Waals surface area contributed by atoms with Crippen LogP contribution in [-0.4, -0.2) is 77.7 Å². The number of nitrogens with zero attached hydrogens (tertiary/aromatic N) is 4. The van der Waals surface area contributed by atoms with Gasteiger partial charge in [0.1, 0.15) is 0 Å². The minimum absolute atomic E-state index is 0.0381. The average Bonchev–Trinajstić information content (AvgIpc) is 3.57. The molecule has 3 aliphatic rings. The van der Waals surface area contributed by atoms with Crippen molar-refractivity contribution < 1.29 is 23.6 Å². The van der Waals surface area contributed by atoms with Gasteiger partial charge in [-0.15, -0.1) is 0 Å². The smallest absolute Gasteiger partial charge is 0.399 e. The second kappa shape index (κ2) is 12.8.